The second-order valence-electron chi connectivity index (χ2n) is 5.49. The molecule has 0 aliphatic rings. The summed E-state index contributed by atoms with van der Waals surface area (Å²) in [6.45, 7) is 0. The number of furan rings is 1. The number of methoxy groups -OCH3 is 1. The van der Waals surface area contributed by atoms with Crippen LogP contribution in [0.25, 0.3) is 6.08 Å². The Morgan fingerprint density at radius 3 is 2.80 bits per heavy atom. The van der Waals surface area contributed by atoms with Crippen LogP contribution in [-0.2, 0) is 4.79 Å². The first-order chi connectivity index (χ1) is 14.5. The van der Waals surface area contributed by atoms with Crippen LogP contribution in [0.3, 0.4) is 0 Å². The van der Waals surface area contributed by atoms with Crippen LogP contribution in [-0.4, -0.2) is 34.6 Å². The molecule has 11 heteroatoms. The van der Waals surface area contributed by atoms with Gasteiger partial charge in [-0.2, -0.15) is 14.6 Å². The van der Waals surface area contributed by atoms with Crippen LogP contribution in [0.1, 0.15) is 16.1 Å². The van der Waals surface area contributed by atoms with Gasteiger partial charge in [0, 0.05) is 11.5 Å². The number of esters is 1. The van der Waals surface area contributed by atoms with Gasteiger partial charge in [0.25, 0.3) is 5.91 Å². The van der Waals surface area contributed by atoms with Gasteiger partial charge in [-0.1, -0.05) is 17.8 Å². The summed E-state index contributed by atoms with van der Waals surface area (Å²) in [6.07, 6.45) is 4.56. The Balaban J connectivity index is 1.78. The lowest BCUT2D eigenvalue weighted by Gasteiger charge is -2.09. The Morgan fingerprint density at radius 2 is 2.17 bits per heavy atom. The van der Waals surface area contributed by atoms with E-state index in [1.807, 2.05) is 12.3 Å². The highest BCUT2D eigenvalue weighted by Crippen LogP contribution is 2.30. The standard InChI is InChI=1S/C19H14N4O5S2/c1-26-15-9-11(5-6-13(15)28-17(25)14-4-3-7-27-14)8-12(10-20)16(24)21-18-22-19(29-2)23-30-18/h3-9H,1-2H3,(H,21,22,23,24). The summed E-state index contributed by atoms with van der Waals surface area (Å²) in [7, 11) is 1.41. The van der Waals surface area contributed by atoms with Crippen LogP contribution in [0, 0.1) is 11.3 Å². The van der Waals surface area contributed by atoms with Gasteiger partial charge >= 0.3 is 5.97 Å². The lowest BCUT2D eigenvalue weighted by Crippen LogP contribution is -2.13. The molecule has 0 bridgehead atoms. The van der Waals surface area contributed by atoms with Crippen molar-refractivity contribution in [1.82, 2.24) is 9.36 Å². The third-order valence-electron chi connectivity index (χ3n) is 3.60. The zero-order valence-corrected chi connectivity index (χ0v) is 17.4. The Hall–Kier alpha value is -3.62. The van der Waals surface area contributed by atoms with E-state index in [-0.39, 0.29) is 22.8 Å². The van der Waals surface area contributed by atoms with Gasteiger partial charge in [-0.05, 0) is 42.2 Å². The zero-order valence-electron chi connectivity index (χ0n) is 15.7. The number of amides is 1. The van der Waals surface area contributed by atoms with E-state index >= 15 is 0 Å². The summed E-state index contributed by atoms with van der Waals surface area (Å²) in [5.74, 6) is -0.840. The molecule has 152 valence electrons. The molecule has 0 spiro atoms. The van der Waals surface area contributed by atoms with E-state index in [9.17, 15) is 14.9 Å². The monoisotopic (exact) mass is 442 g/mol. The average Bonchev–Trinajstić information content (AvgIpc) is 3.44. The van der Waals surface area contributed by atoms with Crippen LogP contribution in [0.2, 0.25) is 0 Å². The molecule has 0 saturated carbocycles. The maximum atomic E-state index is 12.4. The largest absolute Gasteiger partial charge is 0.493 e. The Kier molecular flexibility index (Phi) is 6.84. The topological polar surface area (TPSA) is 127 Å². The smallest absolute Gasteiger partial charge is 0.379 e. The van der Waals surface area contributed by atoms with E-state index < -0.39 is 11.9 Å². The maximum absolute atomic E-state index is 12.4. The molecule has 3 rings (SSSR count). The summed E-state index contributed by atoms with van der Waals surface area (Å²) < 4.78 is 19.6. The number of hydrogen-bond acceptors (Lipinski definition) is 10. The van der Waals surface area contributed by atoms with Crippen molar-refractivity contribution in [3.05, 3.63) is 53.5 Å². The predicted octanol–water partition coefficient (Wildman–Crippen LogP) is 3.63. The maximum Gasteiger partial charge on any atom is 0.379 e. The fourth-order valence-electron chi connectivity index (χ4n) is 2.23. The van der Waals surface area contributed by atoms with Crippen LogP contribution >= 0.6 is 23.3 Å². The molecule has 1 aromatic carbocycles. The molecule has 0 radical (unpaired) electrons. The van der Waals surface area contributed by atoms with E-state index in [0.29, 0.717) is 15.9 Å². The second kappa shape index (κ2) is 9.73. The number of anilines is 1. The lowest BCUT2D eigenvalue weighted by atomic mass is 10.1. The first kappa shape index (κ1) is 21.1. The van der Waals surface area contributed by atoms with Gasteiger partial charge < -0.3 is 13.9 Å². The summed E-state index contributed by atoms with van der Waals surface area (Å²) in [5, 5.41) is 12.7. The number of nitriles is 1. The van der Waals surface area contributed by atoms with Crippen molar-refractivity contribution >= 4 is 46.4 Å². The summed E-state index contributed by atoms with van der Waals surface area (Å²) in [5.41, 5.74) is 0.358. The Morgan fingerprint density at radius 1 is 1.33 bits per heavy atom. The lowest BCUT2D eigenvalue weighted by molar-refractivity contribution is -0.112. The van der Waals surface area contributed by atoms with E-state index in [0.717, 1.165) is 11.5 Å². The number of aromatic nitrogens is 2. The first-order valence-electron chi connectivity index (χ1n) is 8.28. The quantitative estimate of drug-likeness (QED) is 0.192. The SMILES string of the molecule is COc1cc(C=C(C#N)C(=O)Nc2nc(SC)ns2)ccc1OC(=O)c1ccco1. The van der Waals surface area contributed by atoms with E-state index in [2.05, 4.69) is 14.7 Å². The molecule has 2 heterocycles. The van der Waals surface area contributed by atoms with Gasteiger partial charge in [0.2, 0.25) is 16.0 Å². The average molecular weight is 442 g/mol. The number of nitrogens with zero attached hydrogens (tertiary/aromatic N) is 3. The zero-order chi connectivity index (χ0) is 21.5. The van der Waals surface area contributed by atoms with Crippen molar-refractivity contribution in [3.63, 3.8) is 0 Å². The van der Waals surface area contributed by atoms with Crippen molar-refractivity contribution in [1.29, 1.82) is 5.26 Å². The molecular weight excluding hydrogens is 428 g/mol. The third kappa shape index (κ3) is 5.05. The Labute approximate surface area is 179 Å². The molecule has 0 aliphatic carbocycles. The molecule has 0 fully saturated rings. The minimum atomic E-state index is -0.680. The van der Waals surface area contributed by atoms with Gasteiger partial charge in [0.1, 0.15) is 11.6 Å². The molecule has 0 atom stereocenters. The number of hydrogen-bond donors (Lipinski definition) is 1. The molecule has 30 heavy (non-hydrogen) atoms. The number of benzene rings is 1. The van der Waals surface area contributed by atoms with Crippen molar-refractivity contribution in [2.45, 2.75) is 5.16 Å². The predicted molar refractivity (Wildman–Crippen MR) is 111 cm³/mol. The molecule has 1 N–H and O–H groups in total. The van der Waals surface area contributed by atoms with Gasteiger partial charge in [-0.3, -0.25) is 10.1 Å². The second-order valence-corrected chi connectivity index (χ2v) is 7.01. The molecule has 0 unspecified atom stereocenters. The highest BCUT2D eigenvalue weighted by molar-refractivity contribution is 7.98. The Bertz CT molecular complexity index is 1130. The third-order valence-corrected chi connectivity index (χ3v) is 4.89. The minimum absolute atomic E-state index is 0.0470. The number of carbonyl (C=O) groups is 2. The molecular formula is C19H14N4O5S2. The van der Waals surface area contributed by atoms with Gasteiger partial charge in [0.15, 0.2) is 11.5 Å². The van der Waals surface area contributed by atoms with E-state index in [1.165, 1.54) is 49.4 Å². The highest BCUT2D eigenvalue weighted by atomic mass is 32.2. The molecule has 0 aliphatic heterocycles. The number of nitrogens with one attached hydrogen (secondary N) is 1. The molecule has 0 saturated heterocycles. The normalized spacial score (nSPS) is 10.9. The molecule has 2 aromatic heterocycles. The molecule has 3 aromatic rings. The fraction of sp³-hybridized carbons (Fsp3) is 0.105. The van der Waals surface area contributed by atoms with E-state index in [1.54, 1.807) is 12.1 Å². The van der Waals surface area contributed by atoms with Crippen LogP contribution in [0.15, 0.2) is 51.7 Å². The van der Waals surface area contributed by atoms with Crippen LogP contribution in [0.4, 0.5) is 5.13 Å². The van der Waals surface area contributed by atoms with Crippen molar-refractivity contribution in [2.24, 2.45) is 0 Å². The summed E-state index contributed by atoms with van der Waals surface area (Å²) in [4.78, 5) is 28.5. The number of rotatable bonds is 7. The fourth-order valence-corrected chi connectivity index (χ4v) is 3.35. The van der Waals surface area contributed by atoms with Crippen LogP contribution < -0.4 is 14.8 Å². The summed E-state index contributed by atoms with van der Waals surface area (Å²) >= 11 is 2.37. The van der Waals surface area contributed by atoms with Crippen molar-refractivity contribution in [2.75, 3.05) is 18.7 Å². The van der Waals surface area contributed by atoms with E-state index in [4.69, 9.17) is 13.9 Å². The molecule has 9 nitrogen and oxygen atoms in total. The van der Waals surface area contributed by atoms with Crippen LogP contribution in [0.5, 0.6) is 11.5 Å². The first-order valence-corrected chi connectivity index (χ1v) is 10.3. The number of thioether (sulfide) groups is 1. The minimum Gasteiger partial charge on any atom is -0.493 e. The number of carbonyl (C=O) groups excluding carboxylic acids is 2. The van der Waals surface area contributed by atoms with Crippen molar-refractivity contribution in [3.8, 4) is 17.6 Å². The summed E-state index contributed by atoms with van der Waals surface area (Å²) in [6, 6.07) is 9.51. The molecule has 1 amide bonds. The highest BCUT2D eigenvalue weighted by Gasteiger charge is 2.16. The van der Waals surface area contributed by atoms with Crippen molar-refractivity contribution < 1.29 is 23.5 Å². The van der Waals surface area contributed by atoms with Gasteiger partial charge in [-0.25, -0.2) is 4.79 Å². The number of ether oxygens (including phenoxy) is 2. The van der Waals surface area contributed by atoms with Gasteiger partial charge in [-0.15, -0.1) is 0 Å². The van der Waals surface area contributed by atoms with Gasteiger partial charge in [0.05, 0.1) is 13.4 Å².